The van der Waals surface area contributed by atoms with E-state index in [4.69, 9.17) is 0 Å². The van der Waals surface area contributed by atoms with Crippen LogP contribution in [0.5, 0.6) is 0 Å². The van der Waals surface area contributed by atoms with Crippen molar-refractivity contribution < 1.29 is 9.90 Å². The van der Waals surface area contributed by atoms with Gasteiger partial charge >= 0.3 is 5.69 Å². The Morgan fingerprint density at radius 2 is 2.00 bits per heavy atom. The summed E-state index contributed by atoms with van der Waals surface area (Å²) in [6.45, 7) is 0.0371. The van der Waals surface area contributed by atoms with Gasteiger partial charge in [-0.15, -0.1) is 0 Å². The van der Waals surface area contributed by atoms with E-state index in [9.17, 15) is 19.5 Å². The van der Waals surface area contributed by atoms with E-state index in [1.807, 2.05) is 0 Å². The van der Waals surface area contributed by atoms with Crippen molar-refractivity contribution in [3.63, 3.8) is 0 Å². The lowest BCUT2D eigenvalue weighted by molar-refractivity contribution is -0.123. The Kier molecular flexibility index (Phi) is 4.62. The number of aromatic nitrogens is 2. The summed E-state index contributed by atoms with van der Waals surface area (Å²) in [6.07, 6.45) is 5.72. The number of nitrogens with one attached hydrogen (secondary N) is 1. The first-order valence-electron chi connectivity index (χ1n) is 7.17. The van der Waals surface area contributed by atoms with Gasteiger partial charge in [0, 0.05) is 25.9 Å². The molecular weight excluding hydrogens is 274 g/mol. The molecule has 1 saturated carbocycles. The minimum absolute atomic E-state index is 0.164. The highest BCUT2D eigenvalue weighted by molar-refractivity contribution is 5.75. The smallest absolute Gasteiger partial charge is 0.331 e. The molecular formula is C14H21N3O4. The summed E-state index contributed by atoms with van der Waals surface area (Å²) in [7, 11) is 1.36. The third-order valence-electron chi connectivity index (χ3n) is 3.97. The molecule has 0 unspecified atom stereocenters. The van der Waals surface area contributed by atoms with Crippen molar-refractivity contribution in [2.24, 2.45) is 7.05 Å². The maximum Gasteiger partial charge on any atom is 0.331 e. The van der Waals surface area contributed by atoms with Crippen molar-refractivity contribution in [3.8, 4) is 0 Å². The zero-order valence-electron chi connectivity index (χ0n) is 12.2. The van der Waals surface area contributed by atoms with Gasteiger partial charge in [0.15, 0.2) is 0 Å². The maximum atomic E-state index is 11.9. The molecule has 1 heterocycles. The number of aliphatic hydroxyl groups is 1. The van der Waals surface area contributed by atoms with Gasteiger partial charge in [0.2, 0.25) is 5.91 Å². The first-order valence-corrected chi connectivity index (χ1v) is 7.17. The van der Waals surface area contributed by atoms with Crippen LogP contribution in [0.25, 0.3) is 0 Å². The normalized spacial score (nSPS) is 17.4. The molecule has 1 aromatic heterocycles. The van der Waals surface area contributed by atoms with Crippen LogP contribution >= 0.6 is 0 Å². The van der Waals surface area contributed by atoms with Crippen molar-refractivity contribution in [1.29, 1.82) is 0 Å². The lowest BCUT2D eigenvalue weighted by Gasteiger charge is -2.32. The Hall–Kier alpha value is -1.89. The summed E-state index contributed by atoms with van der Waals surface area (Å²) in [6, 6.07) is 1.24. The van der Waals surface area contributed by atoms with E-state index >= 15 is 0 Å². The molecule has 1 fully saturated rings. The minimum Gasteiger partial charge on any atom is -0.388 e. The Bertz CT molecular complexity index is 626. The highest BCUT2D eigenvalue weighted by Gasteiger charge is 2.29. The number of carbonyl (C=O) groups is 1. The van der Waals surface area contributed by atoms with Gasteiger partial charge in [-0.25, -0.2) is 4.79 Å². The Labute approximate surface area is 122 Å². The number of nitrogens with zero attached hydrogens (tertiary/aromatic N) is 2. The molecule has 7 heteroatoms. The molecule has 0 saturated heterocycles. The van der Waals surface area contributed by atoms with E-state index in [0.29, 0.717) is 12.8 Å². The van der Waals surface area contributed by atoms with Crippen LogP contribution < -0.4 is 16.6 Å². The molecule has 0 radical (unpaired) electrons. The zero-order chi connectivity index (χ0) is 15.5. The molecule has 0 atom stereocenters. The van der Waals surface area contributed by atoms with Gasteiger partial charge < -0.3 is 10.4 Å². The fourth-order valence-electron chi connectivity index (χ4n) is 2.60. The summed E-state index contributed by atoms with van der Waals surface area (Å²) in [5.41, 5.74) is -1.77. The summed E-state index contributed by atoms with van der Waals surface area (Å²) >= 11 is 0. The first-order chi connectivity index (χ1) is 9.91. The van der Waals surface area contributed by atoms with Crippen LogP contribution in [0.15, 0.2) is 21.9 Å². The van der Waals surface area contributed by atoms with Crippen LogP contribution in [0.4, 0.5) is 0 Å². The Morgan fingerprint density at radius 1 is 1.33 bits per heavy atom. The predicted molar refractivity (Wildman–Crippen MR) is 77.0 cm³/mol. The average Bonchev–Trinajstić information content (AvgIpc) is 2.47. The standard InChI is InChI=1S/C14H21N3O4/c1-16-12(19)5-8-17(13(16)20)9-11(18)15-10-14(21)6-3-2-4-7-14/h5,8,21H,2-4,6-7,9-10H2,1H3,(H,15,18). The summed E-state index contributed by atoms with van der Waals surface area (Å²) in [5, 5.41) is 13.0. The number of hydrogen-bond acceptors (Lipinski definition) is 4. The van der Waals surface area contributed by atoms with Crippen LogP contribution in [-0.4, -0.2) is 32.3 Å². The topological polar surface area (TPSA) is 93.3 Å². The predicted octanol–water partition coefficient (Wildman–Crippen LogP) is -0.642. The second-order valence-electron chi connectivity index (χ2n) is 5.69. The van der Waals surface area contributed by atoms with E-state index in [1.165, 1.54) is 23.9 Å². The summed E-state index contributed by atoms with van der Waals surface area (Å²) in [5.74, 6) is -0.352. The van der Waals surface area contributed by atoms with Gasteiger partial charge in [-0.2, -0.15) is 0 Å². The number of amides is 1. The van der Waals surface area contributed by atoms with Gasteiger partial charge in [0.1, 0.15) is 6.54 Å². The minimum atomic E-state index is -0.831. The third-order valence-corrected chi connectivity index (χ3v) is 3.97. The molecule has 1 aromatic rings. The average molecular weight is 295 g/mol. The SMILES string of the molecule is Cn1c(=O)ccn(CC(=O)NCC2(O)CCCCC2)c1=O. The number of carbonyl (C=O) groups excluding carboxylic acids is 1. The van der Waals surface area contributed by atoms with Gasteiger partial charge in [-0.05, 0) is 12.8 Å². The Balaban J connectivity index is 1.95. The summed E-state index contributed by atoms with van der Waals surface area (Å²) < 4.78 is 2.11. The molecule has 1 amide bonds. The highest BCUT2D eigenvalue weighted by Crippen LogP contribution is 2.27. The molecule has 0 spiro atoms. The van der Waals surface area contributed by atoms with E-state index in [2.05, 4.69) is 5.32 Å². The lowest BCUT2D eigenvalue weighted by atomic mass is 9.85. The van der Waals surface area contributed by atoms with Gasteiger partial charge in [-0.3, -0.25) is 18.7 Å². The van der Waals surface area contributed by atoms with Crippen LogP contribution in [0.2, 0.25) is 0 Å². The van der Waals surface area contributed by atoms with Crippen LogP contribution in [0.1, 0.15) is 32.1 Å². The van der Waals surface area contributed by atoms with Crippen molar-refractivity contribution >= 4 is 5.91 Å². The molecule has 2 N–H and O–H groups in total. The summed E-state index contributed by atoms with van der Waals surface area (Å²) in [4.78, 5) is 34.9. The van der Waals surface area contributed by atoms with Crippen molar-refractivity contribution in [1.82, 2.24) is 14.5 Å². The van der Waals surface area contributed by atoms with Crippen molar-refractivity contribution in [2.45, 2.75) is 44.2 Å². The fraction of sp³-hybridized carbons (Fsp3) is 0.643. The van der Waals surface area contributed by atoms with Crippen molar-refractivity contribution in [2.75, 3.05) is 6.54 Å². The zero-order valence-corrected chi connectivity index (χ0v) is 12.2. The fourth-order valence-corrected chi connectivity index (χ4v) is 2.60. The molecule has 2 rings (SSSR count). The number of rotatable bonds is 4. The highest BCUT2D eigenvalue weighted by atomic mass is 16.3. The van der Waals surface area contributed by atoms with Gasteiger partial charge in [0.05, 0.1) is 5.60 Å². The second kappa shape index (κ2) is 6.26. The van der Waals surface area contributed by atoms with Crippen LogP contribution in [0, 0.1) is 0 Å². The van der Waals surface area contributed by atoms with Crippen LogP contribution in [-0.2, 0) is 18.4 Å². The molecule has 116 valence electrons. The molecule has 0 aromatic carbocycles. The van der Waals surface area contributed by atoms with E-state index in [0.717, 1.165) is 23.8 Å². The Morgan fingerprint density at radius 3 is 2.67 bits per heavy atom. The number of hydrogen-bond donors (Lipinski definition) is 2. The van der Waals surface area contributed by atoms with E-state index < -0.39 is 16.9 Å². The van der Waals surface area contributed by atoms with E-state index in [1.54, 1.807) is 0 Å². The monoisotopic (exact) mass is 295 g/mol. The molecule has 7 nitrogen and oxygen atoms in total. The second-order valence-corrected chi connectivity index (χ2v) is 5.69. The largest absolute Gasteiger partial charge is 0.388 e. The van der Waals surface area contributed by atoms with Gasteiger partial charge in [0.25, 0.3) is 5.56 Å². The molecule has 1 aliphatic rings. The molecule has 0 bridgehead atoms. The molecule has 21 heavy (non-hydrogen) atoms. The molecule has 0 aliphatic heterocycles. The quantitative estimate of drug-likeness (QED) is 0.772. The molecule has 1 aliphatic carbocycles. The lowest BCUT2D eigenvalue weighted by Crippen LogP contribution is -2.46. The van der Waals surface area contributed by atoms with Crippen LogP contribution in [0.3, 0.4) is 0 Å². The first kappa shape index (κ1) is 15.5. The maximum absolute atomic E-state index is 11.9. The third kappa shape index (κ3) is 3.81. The van der Waals surface area contributed by atoms with Gasteiger partial charge in [-0.1, -0.05) is 19.3 Å². The van der Waals surface area contributed by atoms with Crippen molar-refractivity contribution in [3.05, 3.63) is 33.1 Å². The van der Waals surface area contributed by atoms with E-state index in [-0.39, 0.29) is 19.0 Å².